The molecule has 110 valence electrons. The van der Waals surface area contributed by atoms with Crippen LogP contribution in [0.5, 0.6) is 17.2 Å². The minimum absolute atomic E-state index is 0.495. The van der Waals surface area contributed by atoms with Gasteiger partial charge in [-0.2, -0.15) is 4.74 Å². The van der Waals surface area contributed by atoms with Gasteiger partial charge in [-0.1, -0.05) is 18.2 Å². The average molecular weight is 287 g/mol. The summed E-state index contributed by atoms with van der Waals surface area (Å²) in [7, 11) is 4.61. The van der Waals surface area contributed by atoms with Crippen molar-refractivity contribution in [3.8, 4) is 17.2 Å². The third-order valence-corrected chi connectivity index (χ3v) is 2.96. The summed E-state index contributed by atoms with van der Waals surface area (Å²) in [6.45, 7) is 0. The van der Waals surface area contributed by atoms with Gasteiger partial charge in [-0.15, -0.1) is 0 Å². The first-order valence-corrected chi connectivity index (χ1v) is 6.36. The molecule has 0 aliphatic rings. The van der Waals surface area contributed by atoms with Gasteiger partial charge < -0.3 is 19.4 Å². The fourth-order valence-electron chi connectivity index (χ4n) is 1.96. The maximum absolute atomic E-state index is 12.1. The summed E-state index contributed by atoms with van der Waals surface area (Å²) < 4.78 is 16.6. The molecule has 2 aromatic carbocycles. The fourth-order valence-corrected chi connectivity index (χ4v) is 1.96. The van der Waals surface area contributed by atoms with Crippen LogP contribution in [0.3, 0.4) is 0 Å². The molecule has 5 heteroatoms. The summed E-state index contributed by atoms with van der Waals surface area (Å²) in [6.07, 6.45) is 1.46. The van der Waals surface area contributed by atoms with Gasteiger partial charge >= 0.3 is 0 Å². The van der Waals surface area contributed by atoms with Gasteiger partial charge in [-0.3, -0.25) is 0 Å². The zero-order valence-corrected chi connectivity index (χ0v) is 12.2. The first-order chi connectivity index (χ1) is 10.2. The molecule has 5 nitrogen and oxygen atoms in total. The molecule has 0 atom stereocenters. The van der Waals surface area contributed by atoms with E-state index in [9.17, 15) is 5.21 Å². The monoisotopic (exact) mass is 287 g/mol. The van der Waals surface area contributed by atoms with Crippen molar-refractivity contribution in [2.24, 2.45) is 0 Å². The molecule has 0 unspecified atom stereocenters. The molecule has 0 fully saturated rings. The zero-order chi connectivity index (χ0) is 15.2. The minimum atomic E-state index is 0.495. The second-order valence-corrected chi connectivity index (χ2v) is 4.25. The van der Waals surface area contributed by atoms with E-state index in [2.05, 4.69) is 0 Å². The molecular weight excluding hydrogens is 270 g/mol. The van der Waals surface area contributed by atoms with Gasteiger partial charge in [0.25, 0.3) is 0 Å². The molecule has 0 N–H and O–H groups in total. The Morgan fingerprint density at radius 1 is 0.905 bits per heavy atom. The lowest BCUT2D eigenvalue weighted by Crippen LogP contribution is -2.01. The van der Waals surface area contributed by atoms with Crippen molar-refractivity contribution in [2.45, 2.75) is 0 Å². The van der Waals surface area contributed by atoms with Crippen molar-refractivity contribution in [3.05, 3.63) is 53.2 Å². The highest BCUT2D eigenvalue weighted by molar-refractivity contribution is 5.80. The topological polar surface area (TPSA) is 53.8 Å². The van der Waals surface area contributed by atoms with Crippen molar-refractivity contribution < 1.29 is 18.9 Å². The van der Waals surface area contributed by atoms with Crippen molar-refractivity contribution >= 4 is 11.9 Å². The van der Waals surface area contributed by atoms with Gasteiger partial charge in [0.15, 0.2) is 17.7 Å². The molecule has 0 radical (unpaired) electrons. The number of methoxy groups -OCH3 is 3. The minimum Gasteiger partial charge on any atom is -0.618 e. The Morgan fingerprint density at radius 3 is 1.95 bits per heavy atom. The summed E-state index contributed by atoms with van der Waals surface area (Å²) in [4.78, 5) is 0. The molecule has 0 saturated carbocycles. The number of para-hydroxylation sites is 1. The fraction of sp³-hybridized carbons (Fsp3) is 0.188. The lowest BCUT2D eigenvalue weighted by molar-refractivity contribution is -0.354. The molecule has 0 amide bonds. The van der Waals surface area contributed by atoms with Crippen molar-refractivity contribution in [1.82, 2.24) is 0 Å². The number of ether oxygens (including phenoxy) is 3. The molecule has 0 aromatic heterocycles. The lowest BCUT2D eigenvalue weighted by Gasteiger charge is -2.12. The van der Waals surface area contributed by atoms with Crippen LogP contribution >= 0.6 is 0 Å². The van der Waals surface area contributed by atoms with E-state index in [0.29, 0.717) is 28.5 Å². The van der Waals surface area contributed by atoms with Gasteiger partial charge in [-0.25, -0.2) is 0 Å². The van der Waals surface area contributed by atoms with Crippen LogP contribution in [0.4, 0.5) is 5.69 Å². The maximum Gasteiger partial charge on any atom is 0.216 e. The van der Waals surface area contributed by atoms with Crippen LogP contribution < -0.4 is 14.2 Å². The first-order valence-electron chi connectivity index (χ1n) is 6.36. The highest BCUT2D eigenvalue weighted by Gasteiger charge is 2.14. The Bertz CT molecular complexity index is 613. The number of benzene rings is 2. The van der Waals surface area contributed by atoms with Crippen molar-refractivity contribution in [3.63, 3.8) is 0 Å². The predicted octanol–water partition coefficient (Wildman–Crippen LogP) is 2.97. The number of hydrogen-bond donors (Lipinski definition) is 0. The molecule has 2 rings (SSSR count). The molecule has 0 aliphatic carbocycles. The second kappa shape index (κ2) is 6.65. The molecule has 21 heavy (non-hydrogen) atoms. The smallest absolute Gasteiger partial charge is 0.216 e. The molecular formula is C16H17NO4. The van der Waals surface area contributed by atoms with Crippen LogP contribution in [0.15, 0.2) is 42.5 Å². The van der Waals surface area contributed by atoms with Crippen LogP contribution in [0.25, 0.3) is 0 Å². The molecule has 0 aliphatic heterocycles. The molecule has 0 saturated heterocycles. The Balaban J connectivity index is 2.45. The van der Waals surface area contributed by atoms with Crippen LogP contribution in [0, 0.1) is 5.21 Å². The number of rotatable bonds is 5. The van der Waals surface area contributed by atoms with Gasteiger partial charge in [0, 0.05) is 17.7 Å². The van der Waals surface area contributed by atoms with Gasteiger partial charge in [0.1, 0.15) is 0 Å². The summed E-state index contributed by atoms with van der Waals surface area (Å²) in [5, 5.41) is 12.1. The highest BCUT2D eigenvalue weighted by atomic mass is 16.5. The van der Waals surface area contributed by atoms with E-state index in [-0.39, 0.29) is 0 Å². The number of hydrogen-bond acceptors (Lipinski definition) is 4. The van der Waals surface area contributed by atoms with E-state index in [1.165, 1.54) is 27.5 Å². The van der Waals surface area contributed by atoms with E-state index in [1.54, 1.807) is 24.3 Å². The van der Waals surface area contributed by atoms with Crippen molar-refractivity contribution in [2.75, 3.05) is 21.3 Å². The molecule has 0 bridgehead atoms. The normalized spacial score (nSPS) is 11.1. The van der Waals surface area contributed by atoms with E-state index in [4.69, 9.17) is 14.2 Å². The second-order valence-electron chi connectivity index (χ2n) is 4.25. The molecule has 2 aromatic rings. The van der Waals surface area contributed by atoms with Crippen LogP contribution in [0.2, 0.25) is 0 Å². The summed E-state index contributed by atoms with van der Waals surface area (Å²) >= 11 is 0. The SMILES string of the molecule is COc1cc(C=[N+]([O-])c2ccccc2)cc(OC)c1OC. The Kier molecular flexibility index (Phi) is 4.66. The summed E-state index contributed by atoms with van der Waals surface area (Å²) in [5.74, 6) is 1.50. The molecule has 0 heterocycles. The van der Waals surface area contributed by atoms with E-state index >= 15 is 0 Å². The van der Waals surface area contributed by atoms with Crippen molar-refractivity contribution in [1.29, 1.82) is 0 Å². The lowest BCUT2D eigenvalue weighted by atomic mass is 10.2. The summed E-state index contributed by atoms with van der Waals surface area (Å²) in [5.41, 5.74) is 1.20. The third kappa shape index (κ3) is 3.25. The molecule has 0 spiro atoms. The quantitative estimate of drug-likeness (QED) is 0.367. The largest absolute Gasteiger partial charge is 0.618 e. The maximum atomic E-state index is 12.1. The number of nitrogens with zero attached hydrogens (tertiary/aromatic N) is 1. The van der Waals surface area contributed by atoms with Crippen LogP contribution in [0.1, 0.15) is 5.56 Å². The Hall–Kier alpha value is -2.69. The van der Waals surface area contributed by atoms with E-state index < -0.39 is 0 Å². The Morgan fingerprint density at radius 2 is 1.48 bits per heavy atom. The third-order valence-electron chi connectivity index (χ3n) is 2.96. The summed E-state index contributed by atoms with van der Waals surface area (Å²) in [6, 6.07) is 12.4. The van der Waals surface area contributed by atoms with Crippen LogP contribution in [-0.2, 0) is 0 Å². The average Bonchev–Trinajstić information content (AvgIpc) is 2.54. The van der Waals surface area contributed by atoms with Gasteiger partial charge in [0.2, 0.25) is 11.4 Å². The van der Waals surface area contributed by atoms with Gasteiger partial charge in [-0.05, 0) is 12.1 Å². The van der Waals surface area contributed by atoms with Crippen LogP contribution in [-0.4, -0.2) is 32.3 Å². The standard InChI is InChI=1S/C16H17NO4/c1-19-14-9-12(10-15(20-2)16(14)21-3)11-17(18)13-7-5-4-6-8-13/h4-11H,1-3H3. The first kappa shape index (κ1) is 14.7. The predicted molar refractivity (Wildman–Crippen MR) is 81.0 cm³/mol. The van der Waals surface area contributed by atoms with E-state index in [0.717, 1.165) is 4.74 Å². The zero-order valence-electron chi connectivity index (χ0n) is 12.2. The highest BCUT2D eigenvalue weighted by Crippen LogP contribution is 2.37. The van der Waals surface area contributed by atoms with E-state index in [1.807, 2.05) is 18.2 Å². The van der Waals surface area contributed by atoms with Gasteiger partial charge in [0.05, 0.1) is 21.3 Å². The Labute approximate surface area is 123 Å².